The first kappa shape index (κ1) is 12.1. The summed E-state index contributed by atoms with van der Waals surface area (Å²) in [6.45, 7) is 0. The highest BCUT2D eigenvalue weighted by atomic mass is 16.2. The Morgan fingerprint density at radius 2 is 2.05 bits per heavy atom. The van der Waals surface area contributed by atoms with Gasteiger partial charge in [-0.05, 0) is 12.8 Å². The fourth-order valence-corrected chi connectivity index (χ4v) is 2.32. The van der Waals surface area contributed by atoms with Gasteiger partial charge in [0.1, 0.15) is 11.4 Å². The number of nitrogens with zero attached hydrogens (tertiary/aromatic N) is 3. The van der Waals surface area contributed by atoms with E-state index in [-0.39, 0.29) is 5.91 Å². The molecular formula is C16H14N4O. The summed E-state index contributed by atoms with van der Waals surface area (Å²) < 4.78 is 1.84. The first-order valence-corrected chi connectivity index (χ1v) is 7.01. The summed E-state index contributed by atoms with van der Waals surface area (Å²) in [5.74, 6) is -0.111. The summed E-state index contributed by atoms with van der Waals surface area (Å²) in [5.41, 5.74) is 2.91. The van der Waals surface area contributed by atoms with E-state index in [2.05, 4.69) is 15.3 Å². The van der Waals surface area contributed by atoms with Gasteiger partial charge in [0.25, 0.3) is 5.91 Å². The fraction of sp³-hybridized carbons (Fsp3) is 0.188. The van der Waals surface area contributed by atoms with Gasteiger partial charge in [0.15, 0.2) is 5.65 Å². The smallest absolute Gasteiger partial charge is 0.271 e. The van der Waals surface area contributed by atoms with E-state index in [0.29, 0.717) is 17.4 Å². The van der Waals surface area contributed by atoms with Gasteiger partial charge in [-0.2, -0.15) is 0 Å². The molecule has 3 aromatic rings. The molecule has 5 heteroatoms. The van der Waals surface area contributed by atoms with Crippen molar-refractivity contribution in [3.8, 4) is 11.3 Å². The van der Waals surface area contributed by atoms with Crippen molar-refractivity contribution in [2.24, 2.45) is 0 Å². The Bertz CT molecular complexity index is 806. The number of hydrogen-bond acceptors (Lipinski definition) is 3. The van der Waals surface area contributed by atoms with Crippen molar-refractivity contribution in [1.82, 2.24) is 19.7 Å². The van der Waals surface area contributed by atoms with Crippen LogP contribution in [0.3, 0.4) is 0 Å². The maximum absolute atomic E-state index is 12.1. The molecule has 1 aromatic carbocycles. The fourth-order valence-electron chi connectivity index (χ4n) is 2.32. The third-order valence-electron chi connectivity index (χ3n) is 3.57. The maximum atomic E-state index is 12.1. The lowest BCUT2D eigenvalue weighted by atomic mass is 10.1. The number of imidazole rings is 1. The topological polar surface area (TPSA) is 59.3 Å². The summed E-state index contributed by atoms with van der Waals surface area (Å²) in [7, 11) is 0. The summed E-state index contributed by atoms with van der Waals surface area (Å²) in [4.78, 5) is 21.0. The minimum absolute atomic E-state index is 0.111. The van der Waals surface area contributed by atoms with Gasteiger partial charge in [0.2, 0.25) is 0 Å². The van der Waals surface area contributed by atoms with Gasteiger partial charge < -0.3 is 9.72 Å². The van der Waals surface area contributed by atoms with Gasteiger partial charge in [0, 0.05) is 30.2 Å². The molecule has 1 N–H and O–H groups in total. The standard InChI is InChI=1S/C16H14N4O/c21-16(18-12-6-7-12)13-10-20-9-8-17-14(15(20)19-13)11-4-2-1-3-5-11/h1-5,8-10,12H,6-7H2,(H,18,21). The monoisotopic (exact) mass is 278 g/mol. The molecule has 0 saturated heterocycles. The van der Waals surface area contributed by atoms with E-state index < -0.39 is 0 Å². The second-order valence-electron chi connectivity index (χ2n) is 5.25. The minimum atomic E-state index is -0.111. The van der Waals surface area contributed by atoms with E-state index in [4.69, 9.17) is 0 Å². The molecule has 1 amide bonds. The number of benzene rings is 1. The molecule has 21 heavy (non-hydrogen) atoms. The maximum Gasteiger partial charge on any atom is 0.271 e. The molecule has 1 aliphatic carbocycles. The van der Waals surface area contributed by atoms with Gasteiger partial charge in [0.05, 0.1) is 0 Å². The number of carbonyl (C=O) groups is 1. The molecular weight excluding hydrogens is 264 g/mol. The number of nitrogens with one attached hydrogen (secondary N) is 1. The third kappa shape index (κ3) is 2.27. The van der Waals surface area contributed by atoms with Crippen molar-refractivity contribution in [2.45, 2.75) is 18.9 Å². The van der Waals surface area contributed by atoms with E-state index in [1.54, 1.807) is 12.4 Å². The highest BCUT2D eigenvalue weighted by Crippen LogP contribution is 2.22. The van der Waals surface area contributed by atoms with Crippen LogP contribution in [0, 0.1) is 0 Å². The van der Waals surface area contributed by atoms with E-state index in [9.17, 15) is 4.79 Å². The van der Waals surface area contributed by atoms with Gasteiger partial charge in [-0.1, -0.05) is 30.3 Å². The number of aromatic nitrogens is 3. The van der Waals surface area contributed by atoms with Gasteiger partial charge >= 0.3 is 0 Å². The lowest BCUT2D eigenvalue weighted by Gasteiger charge is -2.01. The number of fused-ring (bicyclic) bond motifs is 1. The second kappa shape index (κ2) is 4.70. The summed E-state index contributed by atoms with van der Waals surface area (Å²) in [6, 6.07) is 10.2. The molecule has 1 fully saturated rings. The van der Waals surface area contributed by atoms with Crippen LogP contribution in [0.1, 0.15) is 23.3 Å². The van der Waals surface area contributed by atoms with Crippen molar-refractivity contribution < 1.29 is 4.79 Å². The van der Waals surface area contributed by atoms with Crippen molar-refractivity contribution in [2.75, 3.05) is 0 Å². The molecule has 1 aliphatic rings. The Hall–Kier alpha value is -2.69. The highest BCUT2D eigenvalue weighted by Gasteiger charge is 2.25. The second-order valence-corrected chi connectivity index (χ2v) is 5.25. The van der Waals surface area contributed by atoms with Crippen molar-refractivity contribution in [3.63, 3.8) is 0 Å². The van der Waals surface area contributed by atoms with Crippen LogP contribution in [-0.2, 0) is 0 Å². The first-order valence-electron chi connectivity index (χ1n) is 7.01. The van der Waals surface area contributed by atoms with E-state index in [1.807, 2.05) is 40.9 Å². The molecule has 2 heterocycles. The molecule has 2 aromatic heterocycles. The molecule has 0 unspecified atom stereocenters. The summed E-state index contributed by atoms with van der Waals surface area (Å²) in [5, 5.41) is 2.96. The predicted octanol–water partition coefficient (Wildman–Crippen LogP) is 2.29. The Labute approximate surface area is 121 Å². The Morgan fingerprint density at radius 3 is 2.81 bits per heavy atom. The Kier molecular flexibility index (Phi) is 2.70. The lowest BCUT2D eigenvalue weighted by molar-refractivity contribution is 0.0946. The zero-order chi connectivity index (χ0) is 14.2. The molecule has 104 valence electrons. The van der Waals surface area contributed by atoms with Crippen molar-refractivity contribution in [3.05, 3.63) is 54.6 Å². The van der Waals surface area contributed by atoms with Crippen LogP contribution in [0.4, 0.5) is 0 Å². The van der Waals surface area contributed by atoms with Crippen LogP contribution in [0.15, 0.2) is 48.9 Å². The Balaban J connectivity index is 1.78. The zero-order valence-electron chi connectivity index (χ0n) is 11.4. The van der Waals surface area contributed by atoms with Crippen LogP contribution in [-0.4, -0.2) is 26.3 Å². The van der Waals surface area contributed by atoms with Crippen LogP contribution >= 0.6 is 0 Å². The lowest BCUT2D eigenvalue weighted by Crippen LogP contribution is -2.25. The van der Waals surface area contributed by atoms with Gasteiger partial charge in [-0.3, -0.25) is 9.78 Å². The molecule has 0 spiro atoms. The average molecular weight is 278 g/mol. The molecule has 0 radical (unpaired) electrons. The molecule has 4 rings (SSSR count). The Morgan fingerprint density at radius 1 is 1.24 bits per heavy atom. The number of amides is 1. The zero-order valence-corrected chi connectivity index (χ0v) is 11.4. The van der Waals surface area contributed by atoms with Gasteiger partial charge in [-0.25, -0.2) is 4.98 Å². The highest BCUT2D eigenvalue weighted by molar-refractivity contribution is 5.94. The van der Waals surface area contributed by atoms with E-state index in [1.165, 1.54) is 0 Å². The van der Waals surface area contributed by atoms with Crippen molar-refractivity contribution in [1.29, 1.82) is 0 Å². The van der Waals surface area contributed by atoms with Crippen LogP contribution in [0.5, 0.6) is 0 Å². The molecule has 0 aliphatic heterocycles. The molecule has 0 atom stereocenters. The largest absolute Gasteiger partial charge is 0.348 e. The quantitative estimate of drug-likeness (QED) is 0.799. The van der Waals surface area contributed by atoms with Gasteiger partial charge in [-0.15, -0.1) is 0 Å². The number of rotatable bonds is 3. The number of carbonyl (C=O) groups excluding carboxylic acids is 1. The first-order chi connectivity index (χ1) is 10.3. The predicted molar refractivity (Wildman–Crippen MR) is 78.9 cm³/mol. The van der Waals surface area contributed by atoms with Crippen LogP contribution in [0.25, 0.3) is 16.9 Å². The third-order valence-corrected chi connectivity index (χ3v) is 3.57. The normalized spacial score (nSPS) is 14.3. The van der Waals surface area contributed by atoms with Crippen LogP contribution < -0.4 is 5.32 Å². The molecule has 1 saturated carbocycles. The van der Waals surface area contributed by atoms with Crippen LogP contribution in [0.2, 0.25) is 0 Å². The number of hydrogen-bond donors (Lipinski definition) is 1. The average Bonchev–Trinajstić information content (AvgIpc) is 3.22. The summed E-state index contributed by atoms with van der Waals surface area (Å²) >= 11 is 0. The van der Waals surface area contributed by atoms with E-state index in [0.717, 1.165) is 24.1 Å². The van der Waals surface area contributed by atoms with E-state index >= 15 is 0 Å². The SMILES string of the molecule is O=C(NC1CC1)c1cn2ccnc(-c3ccccc3)c2n1. The minimum Gasteiger partial charge on any atom is -0.348 e. The molecule has 0 bridgehead atoms. The molecule has 5 nitrogen and oxygen atoms in total. The summed E-state index contributed by atoms with van der Waals surface area (Å²) in [6.07, 6.45) is 7.41. The van der Waals surface area contributed by atoms with Crippen molar-refractivity contribution >= 4 is 11.6 Å².